The summed E-state index contributed by atoms with van der Waals surface area (Å²) in [7, 11) is 0.485. The van der Waals surface area contributed by atoms with E-state index in [0.717, 1.165) is 21.7 Å². The third-order valence-corrected chi connectivity index (χ3v) is 6.90. The van der Waals surface area contributed by atoms with Crippen LogP contribution in [-0.4, -0.2) is 20.9 Å². The van der Waals surface area contributed by atoms with E-state index in [1.54, 1.807) is 14.2 Å². The third kappa shape index (κ3) is 3.20. The summed E-state index contributed by atoms with van der Waals surface area (Å²) in [6.45, 7) is 1.81. The number of methoxy groups -OCH3 is 2. The molecular weight excluding hydrogens is 331 g/mol. The van der Waals surface area contributed by atoms with Gasteiger partial charge in [-0.3, -0.25) is 0 Å². The standard InChI is InChI=1S/C21H21O3P/c1-23-18-13-9-14-19(24-2)21(18)17-12-7-8-15-20(17)25(3,22)16-10-5-4-6-11-16/h4-15H,1-3H3/t25-/m1/s1. The average molecular weight is 352 g/mol. The van der Waals surface area contributed by atoms with E-state index in [0.29, 0.717) is 11.5 Å². The van der Waals surface area contributed by atoms with E-state index >= 15 is 0 Å². The van der Waals surface area contributed by atoms with Crippen LogP contribution in [0, 0.1) is 0 Å². The zero-order chi connectivity index (χ0) is 17.9. The van der Waals surface area contributed by atoms with Gasteiger partial charge in [-0.1, -0.05) is 60.7 Å². The molecule has 0 aliphatic rings. The van der Waals surface area contributed by atoms with E-state index in [-0.39, 0.29) is 0 Å². The van der Waals surface area contributed by atoms with Gasteiger partial charge in [0.1, 0.15) is 18.6 Å². The number of hydrogen-bond donors (Lipinski definition) is 0. The molecule has 0 amide bonds. The van der Waals surface area contributed by atoms with Crippen LogP contribution in [0.15, 0.2) is 72.8 Å². The maximum absolute atomic E-state index is 13.7. The molecule has 0 N–H and O–H groups in total. The van der Waals surface area contributed by atoms with Crippen molar-refractivity contribution < 1.29 is 14.0 Å². The number of benzene rings is 3. The van der Waals surface area contributed by atoms with Gasteiger partial charge in [0.05, 0.1) is 19.8 Å². The van der Waals surface area contributed by atoms with E-state index in [1.807, 2.05) is 79.5 Å². The predicted molar refractivity (Wildman–Crippen MR) is 104 cm³/mol. The topological polar surface area (TPSA) is 35.5 Å². The Morgan fingerprint density at radius 1 is 0.720 bits per heavy atom. The quantitative estimate of drug-likeness (QED) is 0.642. The van der Waals surface area contributed by atoms with Crippen molar-refractivity contribution in [1.82, 2.24) is 0 Å². The van der Waals surface area contributed by atoms with Gasteiger partial charge in [-0.05, 0) is 18.8 Å². The summed E-state index contributed by atoms with van der Waals surface area (Å²) in [6, 6.07) is 23.0. The Morgan fingerprint density at radius 2 is 1.28 bits per heavy atom. The monoisotopic (exact) mass is 352 g/mol. The Bertz CT molecular complexity index is 897. The molecule has 0 spiro atoms. The minimum absolute atomic E-state index is 0.694. The summed E-state index contributed by atoms with van der Waals surface area (Å²) >= 11 is 0. The zero-order valence-corrected chi connectivity index (χ0v) is 15.5. The summed E-state index contributed by atoms with van der Waals surface area (Å²) in [6.07, 6.45) is 0. The van der Waals surface area contributed by atoms with Crippen LogP contribution >= 0.6 is 7.14 Å². The van der Waals surface area contributed by atoms with Crippen LogP contribution in [0.4, 0.5) is 0 Å². The second-order valence-corrected chi connectivity index (χ2v) is 8.66. The maximum atomic E-state index is 13.7. The fraction of sp³-hybridized carbons (Fsp3) is 0.143. The van der Waals surface area contributed by atoms with Crippen LogP contribution in [0.1, 0.15) is 0 Å². The molecule has 128 valence electrons. The van der Waals surface area contributed by atoms with Gasteiger partial charge in [-0.2, -0.15) is 0 Å². The zero-order valence-electron chi connectivity index (χ0n) is 14.6. The Labute approximate surface area is 148 Å². The van der Waals surface area contributed by atoms with E-state index < -0.39 is 7.14 Å². The molecule has 0 aliphatic heterocycles. The first kappa shape index (κ1) is 17.3. The van der Waals surface area contributed by atoms with Crippen molar-refractivity contribution in [2.45, 2.75) is 0 Å². The van der Waals surface area contributed by atoms with E-state index in [1.165, 1.54) is 0 Å². The van der Waals surface area contributed by atoms with Crippen molar-refractivity contribution in [3.63, 3.8) is 0 Å². The second-order valence-electron chi connectivity index (χ2n) is 5.81. The van der Waals surface area contributed by atoms with Gasteiger partial charge in [-0.15, -0.1) is 0 Å². The van der Waals surface area contributed by atoms with Gasteiger partial charge in [0.15, 0.2) is 0 Å². The second kappa shape index (κ2) is 7.16. The summed E-state index contributed by atoms with van der Waals surface area (Å²) in [5.74, 6) is 1.39. The Balaban J connectivity index is 2.28. The molecular formula is C21H21O3P. The summed E-state index contributed by atoms with van der Waals surface area (Å²) < 4.78 is 24.8. The van der Waals surface area contributed by atoms with Crippen molar-refractivity contribution in [3.05, 3.63) is 72.8 Å². The first-order valence-corrected chi connectivity index (χ1v) is 10.2. The lowest BCUT2D eigenvalue weighted by molar-refractivity contribution is 0.397. The molecule has 0 fully saturated rings. The van der Waals surface area contributed by atoms with Crippen LogP contribution in [0.2, 0.25) is 0 Å². The highest BCUT2D eigenvalue weighted by molar-refractivity contribution is 7.78. The molecule has 4 heteroatoms. The molecule has 0 bridgehead atoms. The molecule has 0 aliphatic carbocycles. The molecule has 0 aromatic heterocycles. The fourth-order valence-electron chi connectivity index (χ4n) is 3.03. The van der Waals surface area contributed by atoms with Crippen LogP contribution < -0.4 is 20.1 Å². The van der Waals surface area contributed by atoms with E-state index in [4.69, 9.17) is 9.47 Å². The lowest BCUT2D eigenvalue weighted by atomic mass is 10.0. The molecule has 25 heavy (non-hydrogen) atoms. The van der Waals surface area contributed by atoms with Crippen molar-refractivity contribution in [2.24, 2.45) is 0 Å². The molecule has 3 rings (SSSR count). The molecule has 3 nitrogen and oxygen atoms in total. The number of rotatable bonds is 5. The molecule has 0 unspecified atom stereocenters. The number of hydrogen-bond acceptors (Lipinski definition) is 3. The van der Waals surface area contributed by atoms with Crippen LogP contribution in [0.5, 0.6) is 11.5 Å². The number of ether oxygens (including phenoxy) is 2. The van der Waals surface area contributed by atoms with Crippen LogP contribution in [0.25, 0.3) is 11.1 Å². The SMILES string of the molecule is COc1cccc(OC)c1-c1ccccc1[P@](C)(=O)c1ccccc1. The lowest BCUT2D eigenvalue weighted by Gasteiger charge is -2.20. The molecule has 0 saturated heterocycles. The average Bonchev–Trinajstić information content (AvgIpc) is 2.68. The normalized spacial score (nSPS) is 13.1. The minimum atomic E-state index is -2.77. The summed E-state index contributed by atoms with van der Waals surface area (Å²) in [5, 5.41) is 1.63. The summed E-state index contributed by atoms with van der Waals surface area (Å²) in [4.78, 5) is 0. The van der Waals surface area contributed by atoms with Gasteiger partial charge < -0.3 is 14.0 Å². The van der Waals surface area contributed by atoms with Crippen molar-refractivity contribution in [3.8, 4) is 22.6 Å². The fourth-order valence-corrected chi connectivity index (χ4v) is 5.06. The highest BCUT2D eigenvalue weighted by Gasteiger charge is 2.26. The minimum Gasteiger partial charge on any atom is -0.496 e. The van der Waals surface area contributed by atoms with Crippen molar-refractivity contribution in [1.29, 1.82) is 0 Å². The first-order chi connectivity index (χ1) is 12.1. The van der Waals surface area contributed by atoms with Gasteiger partial charge in [-0.25, -0.2) is 0 Å². The molecule has 0 heterocycles. The van der Waals surface area contributed by atoms with E-state index in [2.05, 4.69) is 0 Å². The van der Waals surface area contributed by atoms with Gasteiger partial charge in [0, 0.05) is 16.2 Å². The third-order valence-electron chi connectivity index (χ3n) is 4.31. The lowest BCUT2D eigenvalue weighted by Crippen LogP contribution is -2.17. The first-order valence-electron chi connectivity index (χ1n) is 8.03. The Kier molecular flexibility index (Phi) is 4.96. The highest BCUT2D eigenvalue weighted by atomic mass is 31.2. The molecule has 1 atom stereocenters. The van der Waals surface area contributed by atoms with Crippen molar-refractivity contribution >= 4 is 17.8 Å². The molecule has 0 radical (unpaired) electrons. The molecule has 0 saturated carbocycles. The Hall–Kier alpha value is -2.51. The van der Waals surface area contributed by atoms with E-state index in [9.17, 15) is 4.57 Å². The van der Waals surface area contributed by atoms with Crippen LogP contribution in [-0.2, 0) is 4.57 Å². The maximum Gasteiger partial charge on any atom is 0.140 e. The van der Waals surface area contributed by atoms with Gasteiger partial charge >= 0.3 is 0 Å². The highest BCUT2D eigenvalue weighted by Crippen LogP contribution is 2.46. The van der Waals surface area contributed by atoms with Crippen molar-refractivity contribution in [2.75, 3.05) is 20.9 Å². The molecule has 3 aromatic carbocycles. The summed E-state index contributed by atoms with van der Waals surface area (Å²) in [5.41, 5.74) is 1.69. The smallest absolute Gasteiger partial charge is 0.140 e. The molecule has 3 aromatic rings. The van der Waals surface area contributed by atoms with Gasteiger partial charge in [0.2, 0.25) is 0 Å². The predicted octanol–water partition coefficient (Wildman–Crippen LogP) is 4.31. The Morgan fingerprint density at radius 3 is 1.88 bits per heavy atom. The van der Waals surface area contributed by atoms with Gasteiger partial charge in [0.25, 0.3) is 0 Å². The largest absolute Gasteiger partial charge is 0.496 e. The van der Waals surface area contributed by atoms with Crippen LogP contribution in [0.3, 0.4) is 0 Å².